The lowest BCUT2D eigenvalue weighted by Crippen LogP contribution is -2.30. The van der Waals surface area contributed by atoms with E-state index in [2.05, 4.69) is 10.6 Å². The van der Waals surface area contributed by atoms with Gasteiger partial charge >= 0.3 is 6.03 Å². The molecule has 0 aliphatic carbocycles. The number of rotatable bonds is 4. The third-order valence-electron chi connectivity index (χ3n) is 3.10. The molecule has 20 heavy (non-hydrogen) atoms. The molecule has 1 aliphatic heterocycles. The summed E-state index contributed by atoms with van der Waals surface area (Å²) < 4.78 is 0. The number of amidine groups is 1. The molecule has 1 unspecified atom stereocenters. The van der Waals surface area contributed by atoms with Gasteiger partial charge in [-0.2, -0.15) is 0 Å². The van der Waals surface area contributed by atoms with Crippen molar-refractivity contribution in [1.82, 2.24) is 10.2 Å². The molecular weight excluding hydrogens is 256 g/mol. The molecule has 3 N–H and O–H groups in total. The fourth-order valence-corrected chi connectivity index (χ4v) is 2.30. The van der Waals surface area contributed by atoms with Gasteiger partial charge in [0.25, 0.3) is 0 Å². The lowest BCUT2D eigenvalue weighted by molar-refractivity contribution is -0.114. The molecule has 6 nitrogen and oxygen atoms in total. The molecule has 2 rings (SSSR count). The quantitative estimate of drug-likeness (QED) is 0.785. The first-order chi connectivity index (χ1) is 9.52. The van der Waals surface area contributed by atoms with E-state index in [-0.39, 0.29) is 23.8 Å². The molecule has 0 spiro atoms. The monoisotopic (exact) mass is 274 g/mol. The van der Waals surface area contributed by atoms with Gasteiger partial charge in [0.15, 0.2) is 0 Å². The van der Waals surface area contributed by atoms with E-state index in [9.17, 15) is 9.59 Å². The van der Waals surface area contributed by atoms with Crippen molar-refractivity contribution in [3.8, 4) is 0 Å². The maximum atomic E-state index is 11.8. The molecule has 0 bridgehead atoms. The molecule has 6 heteroatoms. The number of hydrogen-bond acceptors (Lipinski definition) is 3. The van der Waals surface area contributed by atoms with Crippen LogP contribution in [-0.4, -0.2) is 29.2 Å². The number of nitrogens with one attached hydrogen (secondary N) is 3. The SMILES string of the molecule is CCCN1C(=O)NC(=N)C1c1ccc(NC(C)=O)cc1. The molecule has 0 aromatic heterocycles. The molecule has 1 heterocycles. The van der Waals surface area contributed by atoms with Gasteiger partial charge in [-0.1, -0.05) is 19.1 Å². The van der Waals surface area contributed by atoms with Crippen LogP contribution in [0.3, 0.4) is 0 Å². The molecule has 3 amide bonds. The van der Waals surface area contributed by atoms with Crippen LogP contribution in [0.2, 0.25) is 0 Å². The number of carbonyl (C=O) groups is 2. The summed E-state index contributed by atoms with van der Waals surface area (Å²) in [5.74, 6) is 0.0616. The third kappa shape index (κ3) is 2.79. The van der Waals surface area contributed by atoms with Crippen LogP contribution in [0.25, 0.3) is 0 Å². The zero-order chi connectivity index (χ0) is 14.7. The van der Waals surface area contributed by atoms with E-state index in [1.807, 2.05) is 19.1 Å². The van der Waals surface area contributed by atoms with Gasteiger partial charge in [0.1, 0.15) is 11.9 Å². The summed E-state index contributed by atoms with van der Waals surface area (Å²) in [6.07, 6.45) is 0.834. The maximum absolute atomic E-state index is 11.8. The highest BCUT2D eigenvalue weighted by atomic mass is 16.2. The first-order valence-corrected chi connectivity index (χ1v) is 6.56. The van der Waals surface area contributed by atoms with Gasteiger partial charge < -0.3 is 10.2 Å². The van der Waals surface area contributed by atoms with Crippen LogP contribution in [0.4, 0.5) is 10.5 Å². The highest BCUT2D eigenvalue weighted by molar-refractivity contribution is 6.06. The predicted molar refractivity (Wildman–Crippen MR) is 76.7 cm³/mol. The Hall–Kier alpha value is -2.37. The number of carbonyl (C=O) groups excluding carboxylic acids is 2. The highest BCUT2D eigenvalue weighted by Crippen LogP contribution is 2.27. The van der Waals surface area contributed by atoms with Crippen molar-refractivity contribution in [2.75, 3.05) is 11.9 Å². The maximum Gasteiger partial charge on any atom is 0.323 e. The lowest BCUT2D eigenvalue weighted by Gasteiger charge is -2.22. The van der Waals surface area contributed by atoms with Crippen LogP contribution in [0.15, 0.2) is 24.3 Å². The average molecular weight is 274 g/mol. The fourth-order valence-electron chi connectivity index (χ4n) is 2.30. The van der Waals surface area contributed by atoms with Crippen LogP contribution in [0.1, 0.15) is 31.9 Å². The van der Waals surface area contributed by atoms with E-state index in [4.69, 9.17) is 5.41 Å². The second-order valence-electron chi connectivity index (χ2n) is 4.74. The zero-order valence-corrected chi connectivity index (χ0v) is 11.6. The van der Waals surface area contributed by atoms with E-state index in [0.717, 1.165) is 12.0 Å². The van der Waals surface area contributed by atoms with Crippen LogP contribution in [0, 0.1) is 5.41 Å². The molecule has 1 fully saturated rings. The van der Waals surface area contributed by atoms with Crippen LogP contribution in [-0.2, 0) is 4.79 Å². The van der Waals surface area contributed by atoms with Gasteiger partial charge in [-0.05, 0) is 24.1 Å². The van der Waals surface area contributed by atoms with Gasteiger partial charge in [0.05, 0.1) is 0 Å². The van der Waals surface area contributed by atoms with Crippen LogP contribution < -0.4 is 10.6 Å². The molecular formula is C14H18N4O2. The van der Waals surface area contributed by atoms with E-state index in [1.54, 1.807) is 17.0 Å². The normalized spacial score (nSPS) is 18.1. The topological polar surface area (TPSA) is 85.3 Å². The van der Waals surface area contributed by atoms with Gasteiger partial charge in [-0.15, -0.1) is 0 Å². The average Bonchev–Trinajstić information content (AvgIpc) is 2.65. The number of benzene rings is 1. The number of anilines is 1. The summed E-state index contributed by atoms with van der Waals surface area (Å²) in [4.78, 5) is 24.4. The number of nitrogens with zero attached hydrogens (tertiary/aromatic N) is 1. The Morgan fingerprint density at radius 3 is 2.60 bits per heavy atom. The summed E-state index contributed by atoms with van der Waals surface area (Å²) in [5, 5.41) is 13.1. The van der Waals surface area contributed by atoms with Gasteiger partial charge in [-0.3, -0.25) is 15.5 Å². The van der Waals surface area contributed by atoms with Crippen molar-refractivity contribution in [1.29, 1.82) is 5.41 Å². The Morgan fingerprint density at radius 2 is 2.05 bits per heavy atom. The minimum atomic E-state index is -0.367. The second kappa shape index (κ2) is 5.73. The van der Waals surface area contributed by atoms with Gasteiger partial charge in [0.2, 0.25) is 5.91 Å². The predicted octanol–water partition coefficient (Wildman–Crippen LogP) is 2.10. The molecule has 1 aliphatic rings. The van der Waals surface area contributed by atoms with Crippen molar-refractivity contribution in [2.45, 2.75) is 26.3 Å². The summed E-state index contributed by atoms with van der Waals surface area (Å²) in [5.41, 5.74) is 1.56. The Labute approximate surface area is 117 Å². The second-order valence-corrected chi connectivity index (χ2v) is 4.74. The zero-order valence-electron chi connectivity index (χ0n) is 11.6. The first kappa shape index (κ1) is 14.0. The minimum absolute atomic E-state index is 0.129. The Kier molecular flexibility index (Phi) is 4.02. The van der Waals surface area contributed by atoms with Crippen molar-refractivity contribution in [3.63, 3.8) is 0 Å². The van der Waals surface area contributed by atoms with Crippen molar-refractivity contribution in [2.24, 2.45) is 0 Å². The van der Waals surface area contributed by atoms with Gasteiger partial charge in [0, 0.05) is 19.2 Å². The minimum Gasteiger partial charge on any atom is -0.326 e. The number of urea groups is 1. The summed E-state index contributed by atoms with van der Waals surface area (Å²) in [6, 6.07) is 6.61. The third-order valence-corrected chi connectivity index (χ3v) is 3.10. The standard InChI is InChI=1S/C14H18N4O2/c1-3-8-18-12(13(15)17-14(18)20)10-4-6-11(7-5-10)16-9(2)19/h4-7,12H,3,8H2,1-2H3,(H,16,19)(H2,15,17,20). The largest absolute Gasteiger partial charge is 0.326 e. The molecule has 1 aromatic rings. The van der Waals surface area contributed by atoms with E-state index < -0.39 is 0 Å². The summed E-state index contributed by atoms with van der Waals surface area (Å²) >= 11 is 0. The first-order valence-electron chi connectivity index (χ1n) is 6.56. The van der Waals surface area contributed by atoms with Crippen LogP contribution in [0.5, 0.6) is 0 Å². The van der Waals surface area contributed by atoms with Crippen molar-refractivity contribution < 1.29 is 9.59 Å². The summed E-state index contributed by atoms with van der Waals surface area (Å²) in [6.45, 7) is 4.05. The molecule has 1 aromatic carbocycles. The molecule has 106 valence electrons. The Balaban J connectivity index is 2.22. The fraction of sp³-hybridized carbons (Fsp3) is 0.357. The smallest absolute Gasteiger partial charge is 0.323 e. The highest BCUT2D eigenvalue weighted by Gasteiger charge is 2.35. The van der Waals surface area contributed by atoms with Gasteiger partial charge in [-0.25, -0.2) is 4.79 Å². The van der Waals surface area contributed by atoms with E-state index in [0.29, 0.717) is 12.2 Å². The molecule has 0 saturated carbocycles. The molecule has 1 saturated heterocycles. The molecule has 0 radical (unpaired) electrons. The van der Waals surface area contributed by atoms with Crippen molar-refractivity contribution in [3.05, 3.63) is 29.8 Å². The van der Waals surface area contributed by atoms with E-state index >= 15 is 0 Å². The Morgan fingerprint density at radius 1 is 1.40 bits per heavy atom. The van der Waals surface area contributed by atoms with E-state index in [1.165, 1.54) is 6.92 Å². The molecule has 1 atom stereocenters. The number of amides is 3. The summed E-state index contributed by atoms with van der Waals surface area (Å²) in [7, 11) is 0. The Bertz CT molecular complexity index is 539. The van der Waals surface area contributed by atoms with Crippen LogP contribution >= 0.6 is 0 Å². The lowest BCUT2D eigenvalue weighted by atomic mass is 10.0. The number of hydrogen-bond donors (Lipinski definition) is 3. The van der Waals surface area contributed by atoms with Crippen molar-refractivity contribution >= 4 is 23.5 Å².